The van der Waals surface area contributed by atoms with Crippen LogP contribution >= 0.6 is 0 Å². The van der Waals surface area contributed by atoms with Gasteiger partial charge in [0.15, 0.2) is 0 Å². The molecule has 0 amide bonds. The Kier molecular flexibility index (Phi) is 3.65. The van der Waals surface area contributed by atoms with E-state index >= 15 is 0 Å². The molecule has 7 nitrogen and oxygen atoms in total. The van der Waals surface area contributed by atoms with E-state index in [4.69, 9.17) is 9.84 Å². The van der Waals surface area contributed by atoms with Gasteiger partial charge in [0.05, 0.1) is 24.0 Å². The van der Waals surface area contributed by atoms with Gasteiger partial charge in [0.2, 0.25) is 5.88 Å². The summed E-state index contributed by atoms with van der Waals surface area (Å²) in [6, 6.07) is 7.58. The molecule has 1 aromatic carbocycles. The molecule has 0 unspecified atom stereocenters. The van der Waals surface area contributed by atoms with Crippen LogP contribution in [0.25, 0.3) is 11.0 Å². The molecule has 0 aliphatic heterocycles. The molecular formula is C14H15N5O2. The lowest BCUT2D eigenvalue weighted by Gasteiger charge is -2.07. The molecular weight excluding hydrogens is 270 g/mol. The standard InChI is InChI=1S/C14H15N5O2/c1-19-9-17-11-6-10(2-3-12(11)19)18-13-7-14(16-8-15-13)21-5-4-20/h2-3,6-9,20H,4-5H2,1H3,(H,15,16,18). The quantitative estimate of drug-likeness (QED) is 0.738. The Morgan fingerprint density at radius 1 is 1.24 bits per heavy atom. The molecule has 2 N–H and O–H groups in total. The minimum absolute atomic E-state index is 0.0525. The lowest BCUT2D eigenvalue weighted by molar-refractivity contribution is 0.196. The van der Waals surface area contributed by atoms with Gasteiger partial charge in [0.25, 0.3) is 0 Å². The highest BCUT2D eigenvalue weighted by molar-refractivity contribution is 5.80. The Bertz CT molecular complexity index is 756. The fraction of sp³-hybridized carbons (Fsp3) is 0.214. The number of anilines is 2. The zero-order valence-corrected chi connectivity index (χ0v) is 11.5. The normalized spacial score (nSPS) is 10.8. The molecule has 0 bridgehead atoms. The molecule has 7 heteroatoms. The molecule has 0 fully saturated rings. The number of aliphatic hydroxyl groups is 1. The summed E-state index contributed by atoms with van der Waals surface area (Å²) in [4.78, 5) is 12.4. The predicted molar refractivity (Wildman–Crippen MR) is 78.6 cm³/mol. The Balaban J connectivity index is 1.81. The zero-order chi connectivity index (χ0) is 14.7. The van der Waals surface area contributed by atoms with Gasteiger partial charge in [-0.1, -0.05) is 0 Å². The van der Waals surface area contributed by atoms with E-state index in [1.165, 1.54) is 6.33 Å². The Morgan fingerprint density at radius 2 is 2.14 bits per heavy atom. The summed E-state index contributed by atoms with van der Waals surface area (Å²) in [6.45, 7) is 0.152. The van der Waals surface area contributed by atoms with Crippen LogP contribution in [-0.4, -0.2) is 37.8 Å². The van der Waals surface area contributed by atoms with Gasteiger partial charge in [-0.05, 0) is 18.2 Å². The second kappa shape index (κ2) is 5.76. The van der Waals surface area contributed by atoms with Crippen molar-refractivity contribution in [2.75, 3.05) is 18.5 Å². The molecule has 21 heavy (non-hydrogen) atoms. The molecule has 0 atom stereocenters. The van der Waals surface area contributed by atoms with Crippen LogP contribution in [0.5, 0.6) is 5.88 Å². The molecule has 0 saturated heterocycles. The van der Waals surface area contributed by atoms with Crippen LogP contribution in [0.1, 0.15) is 0 Å². The number of hydrogen-bond acceptors (Lipinski definition) is 6. The first kappa shape index (κ1) is 13.3. The van der Waals surface area contributed by atoms with Gasteiger partial charge in [-0.15, -0.1) is 0 Å². The number of ether oxygens (including phenoxy) is 1. The summed E-state index contributed by atoms with van der Waals surface area (Å²) in [7, 11) is 1.96. The van der Waals surface area contributed by atoms with Crippen LogP contribution in [-0.2, 0) is 7.05 Å². The maximum Gasteiger partial charge on any atom is 0.218 e. The zero-order valence-electron chi connectivity index (χ0n) is 11.5. The minimum Gasteiger partial charge on any atom is -0.475 e. The average Bonchev–Trinajstić information content (AvgIpc) is 2.86. The largest absolute Gasteiger partial charge is 0.475 e. The number of aryl methyl sites for hydroxylation is 1. The van der Waals surface area contributed by atoms with Crippen LogP contribution in [0.4, 0.5) is 11.5 Å². The molecule has 108 valence electrons. The van der Waals surface area contributed by atoms with E-state index in [2.05, 4.69) is 20.3 Å². The number of imidazole rings is 1. The number of benzene rings is 1. The molecule has 3 rings (SSSR count). The van der Waals surface area contributed by atoms with Crippen molar-refractivity contribution in [3.63, 3.8) is 0 Å². The number of fused-ring (bicyclic) bond motifs is 1. The number of hydrogen-bond donors (Lipinski definition) is 2. The predicted octanol–water partition coefficient (Wildman–Crippen LogP) is 1.48. The minimum atomic E-state index is -0.0525. The topological polar surface area (TPSA) is 85.1 Å². The van der Waals surface area contributed by atoms with Gasteiger partial charge in [-0.3, -0.25) is 0 Å². The smallest absolute Gasteiger partial charge is 0.218 e. The lowest BCUT2D eigenvalue weighted by atomic mass is 10.2. The van der Waals surface area contributed by atoms with E-state index in [1.807, 2.05) is 29.8 Å². The average molecular weight is 285 g/mol. The van der Waals surface area contributed by atoms with Crippen LogP contribution in [0, 0.1) is 0 Å². The van der Waals surface area contributed by atoms with Gasteiger partial charge < -0.3 is 19.7 Å². The second-order valence-electron chi connectivity index (χ2n) is 4.50. The summed E-state index contributed by atoms with van der Waals surface area (Å²) >= 11 is 0. The monoisotopic (exact) mass is 285 g/mol. The van der Waals surface area contributed by atoms with Crippen LogP contribution in [0.2, 0.25) is 0 Å². The summed E-state index contributed by atoms with van der Waals surface area (Å²) in [6.07, 6.45) is 3.19. The van der Waals surface area contributed by atoms with Gasteiger partial charge in [-0.25, -0.2) is 15.0 Å². The van der Waals surface area contributed by atoms with E-state index in [1.54, 1.807) is 12.4 Å². The molecule has 0 spiro atoms. The molecule has 0 saturated carbocycles. The van der Waals surface area contributed by atoms with E-state index in [0.29, 0.717) is 11.7 Å². The third-order valence-electron chi connectivity index (χ3n) is 2.98. The summed E-state index contributed by atoms with van der Waals surface area (Å²) < 4.78 is 7.21. The molecule has 2 heterocycles. The van der Waals surface area contributed by atoms with E-state index in [-0.39, 0.29) is 13.2 Å². The summed E-state index contributed by atoms with van der Waals surface area (Å²) in [5.74, 6) is 1.04. The number of aromatic nitrogens is 4. The highest BCUT2D eigenvalue weighted by Gasteiger charge is 2.04. The van der Waals surface area contributed by atoms with Crippen molar-refractivity contribution in [1.82, 2.24) is 19.5 Å². The highest BCUT2D eigenvalue weighted by atomic mass is 16.5. The van der Waals surface area contributed by atoms with E-state index in [9.17, 15) is 0 Å². The third kappa shape index (κ3) is 2.92. The van der Waals surface area contributed by atoms with Gasteiger partial charge in [-0.2, -0.15) is 0 Å². The lowest BCUT2D eigenvalue weighted by Crippen LogP contribution is -2.04. The first-order valence-corrected chi connectivity index (χ1v) is 6.50. The van der Waals surface area contributed by atoms with E-state index in [0.717, 1.165) is 16.7 Å². The molecule has 2 aromatic heterocycles. The third-order valence-corrected chi connectivity index (χ3v) is 2.98. The fourth-order valence-electron chi connectivity index (χ4n) is 2.00. The first-order chi connectivity index (χ1) is 10.3. The maximum atomic E-state index is 8.74. The molecule has 0 radical (unpaired) electrons. The Morgan fingerprint density at radius 3 is 3.00 bits per heavy atom. The number of aliphatic hydroxyl groups excluding tert-OH is 1. The van der Waals surface area contributed by atoms with Crippen LogP contribution in [0.15, 0.2) is 36.9 Å². The SMILES string of the molecule is Cn1cnc2cc(Nc3cc(OCCO)ncn3)ccc21. The van der Waals surface area contributed by atoms with Crippen molar-refractivity contribution >= 4 is 22.5 Å². The fourth-order valence-corrected chi connectivity index (χ4v) is 2.00. The van der Waals surface area contributed by atoms with Crippen LogP contribution in [0.3, 0.4) is 0 Å². The van der Waals surface area contributed by atoms with E-state index < -0.39 is 0 Å². The maximum absolute atomic E-state index is 8.74. The van der Waals surface area contributed by atoms with Gasteiger partial charge in [0, 0.05) is 18.8 Å². The highest BCUT2D eigenvalue weighted by Crippen LogP contribution is 2.21. The Hall–Kier alpha value is -2.67. The number of rotatable bonds is 5. The molecule has 0 aliphatic carbocycles. The van der Waals surface area contributed by atoms with Crippen molar-refractivity contribution in [2.45, 2.75) is 0 Å². The van der Waals surface area contributed by atoms with Crippen molar-refractivity contribution in [1.29, 1.82) is 0 Å². The van der Waals surface area contributed by atoms with Crippen molar-refractivity contribution in [3.05, 3.63) is 36.9 Å². The number of nitrogens with one attached hydrogen (secondary N) is 1. The van der Waals surface area contributed by atoms with Crippen LogP contribution < -0.4 is 10.1 Å². The molecule has 3 aromatic rings. The second-order valence-corrected chi connectivity index (χ2v) is 4.50. The van der Waals surface area contributed by atoms with Crippen molar-refractivity contribution in [3.8, 4) is 5.88 Å². The van der Waals surface area contributed by atoms with Gasteiger partial charge >= 0.3 is 0 Å². The molecule has 0 aliphatic rings. The van der Waals surface area contributed by atoms with Crippen molar-refractivity contribution in [2.24, 2.45) is 7.05 Å². The Labute approximate surface area is 121 Å². The summed E-state index contributed by atoms with van der Waals surface area (Å²) in [5.41, 5.74) is 2.86. The number of nitrogens with zero attached hydrogens (tertiary/aromatic N) is 4. The van der Waals surface area contributed by atoms with Crippen molar-refractivity contribution < 1.29 is 9.84 Å². The first-order valence-electron chi connectivity index (χ1n) is 6.50. The van der Waals surface area contributed by atoms with Gasteiger partial charge in [0.1, 0.15) is 18.8 Å². The summed E-state index contributed by atoms with van der Waals surface area (Å²) in [5, 5.41) is 11.9.